The lowest BCUT2D eigenvalue weighted by atomic mass is 9.96. The van der Waals surface area contributed by atoms with Crippen molar-refractivity contribution in [2.24, 2.45) is 0 Å². The predicted molar refractivity (Wildman–Crippen MR) is 142 cm³/mol. The van der Waals surface area contributed by atoms with Crippen LogP contribution in [-0.2, 0) is 11.3 Å². The van der Waals surface area contributed by atoms with Crippen molar-refractivity contribution in [3.8, 4) is 40.0 Å². The maximum atomic E-state index is 13.0. The zero-order valence-electron chi connectivity index (χ0n) is 21.6. The normalized spacial score (nSPS) is 10.5. The molecular weight excluding hydrogens is 488 g/mol. The monoisotopic (exact) mass is 516 g/mol. The van der Waals surface area contributed by atoms with Gasteiger partial charge < -0.3 is 28.4 Å². The molecule has 0 N–H and O–H groups in total. The standard InChI is InChI=1S/C29H28N2O7/c1-6-13-37-28-22-16-20(38-17-19-9-7-8-12-30-19)10-11-21(22)25(26(31-28)29(32)36-5)18-14-23(33-2)27(35-4)24(15-18)34-3/h6-12,14-16H,1,13,17H2,2-5H3. The quantitative estimate of drug-likeness (QED) is 0.195. The number of esters is 1. The lowest BCUT2D eigenvalue weighted by Gasteiger charge is -2.18. The van der Waals surface area contributed by atoms with E-state index in [1.165, 1.54) is 28.4 Å². The highest BCUT2D eigenvalue weighted by Crippen LogP contribution is 2.45. The minimum absolute atomic E-state index is 0.0653. The molecule has 4 rings (SSSR count). The van der Waals surface area contributed by atoms with Crippen molar-refractivity contribution < 1.29 is 33.2 Å². The molecule has 196 valence electrons. The maximum absolute atomic E-state index is 13.0. The molecule has 0 saturated carbocycles. The fraction of sp³-hybridized carbons (Fsp3) is 0.207. The highest BCUT2D eigenvalue weighted by atomic mass is 16.5. The molecule has 4 aromatic rings. The SMILES string of the molecule is C=CCOc1nc(C(=O)OC)c(-c2cc(OC)c(OC)c(OC)c2)c2ccc(OCc3ccccn3)cc12. The van der Waals surface area contributed by atoms with Crippen molar-refractivity contribution in [2.45, 2.75) is 6.61 Å². The van der Waals surface area contributed by atoms with Crippen LogP contribution in [0.4, 0.5) is 0 Å². The average Bonchev–Trinajstić information content (AvgIpc) is 2.97. The Kier molecular flexibility index (Phi) is 8.27. The van der Waals surface area contributed by atoms with Crippen LogP contribution in [0.1, 0.15) is 16.2 Å². The minimum Gasteiger partial charge on any atom is -0.493 e. The van der Waals surface area contributed by atoms with Gasteiger partial charge in [-0.1, -0.05) is 18.7 Å². The van der Waals surface area contributed by atoms with E-state index in [2.05, 4.69) is 16.5 Å². The summed E-state index contributed by atoms with van der Waals surface area (Å²) >= 11 is 0. The molecular formula is C29H28N2O7. The van der Waals surface area contributed by atoms with E-state index < -0.39 is 5.97 Å². The van der Waals surface area contributed by atoms with Gasteiger partial charge in [-0.3, -0.25) is 4.98 Å². The van der Waals surface area contributed by atoms with Gasteiger partial charge in [-0.2, -0.15) is 0 Å². The molecule has 0 aliphatic rings. The van der Waals surface area contributed by atoms with E-state index in [4.69, 9.17) is 28.4 Å². The first kappa shape index (κ1) is 26.3. The molecule has 2 aromatic heterocycles. The number of hydrogen-bond acceptors (Lipinski definition) is 9. The summed E-state index contributed by atoms with van der Waals surface area (Å²) < 4.78 is 33.5. The number of carbonyl (C=O) groups is 1. The number of fused-ring (bicyclic) bond motifs is 1. The van der Waals surface area contributed by atoms with Crippen LogP contribution in [0, 0.1) is 0 Å². The molecule has 2 heterocycles. The van der Waals surface area contributed by atoms with Gasteiger partial charge in [-0.25, -0.2) is 9.78 Å². The fourth-order valence-corrected chi connectivity index (χ4v) is 4.00. The Bertz CT molecular complexity index is 1430. The van der Waals surface area contributed by atoms with Crippen LogP contribution in [0.15, 0.2) is 67.4 Å². The van der Waals surface area contributed by atoms with E-state index >= 15 is 0 Å². The van der Waals surface area contributed by atoms with Gasteiger partial charge >= 0.3 is 5.97 Å². The number of carbonyl (C=O) groups excluding carboxylic acids is 1. The third-order valence-corrected chi connectivity index (χ3v) is 5.72. The number of aromatic nitrogens is 2. The maximum Gasteiger partial charge on any atom is 0.357 e. The zero-order chi connectivity index (χ0) is 27.1. The number of hydrogen-bond donors (Lipinski definition) is 0. The summed E-state index contributed by atoms with van der Waals surface area (Å²) in [5.41, 5.74) is 1.96. The first-order valence-electron chi connectivity index (χ1n) is 11.7. The summed E-state index contributed by atoms with van der Waals surface area (Å²) in [5.74, 6) is 1.46. The Hall–Kier alpha value is -4.79. The number of pyridine rings is 2. The van der Waals surface area contributed by atoms with Crippen molar-refractivity contribution in [1.82, 2.24) is 9.97 Å². The predicted octanol–water partition coefficient (Wildman–Crippen LogP) is 5.25. The van der Waals surface area contributed by atoms with Gasteiger partial charge in [0.2, 0.25) is 11.6 Å². The third kappa shape index (κ3) is 5.31. The summed E-state index contributed by atoms with van der Waals surface area (Å²) in [6, 6.07) is 14.6. The molecule has 0 radical (unpaired) electrons. The molecule has 0 fully saturated rings. The second-order valence-corrected chi connectivity index (χ2v) is 7.96. The lowest BCUT2D eigenvalue weighted by molar-refractivity contribution is 0.0594. The van der Waals surface area contributed by atoms with Crippen molar-refractivity contribution in [2.75, 3.05) is 35.0 Å². The molecule has 2 aromatic carbocycles. The summed E-state index contributed by atoms with van der Waals surface area (Å²) in [6.07, 6.45) is 3.31. The molecule has 38 heavy (non-hydrogen) atoms. The Labute approximate surface area is 220 Å². The highest BCUT2D eigenvalue weighted by Gasteiger charge is 2.25. The van der Waals surface area contributed by atoms with E-state index in [-0.39, 0.29) is 24.8 Å². The van der Waals surface area contributed by atoms with Crippen molar-refractivity contribution in [3.05, 3.63) is 78.8 Å². The molecule has 0 saturated heterocycles. The minimum atomic E-state index is -0.630. The van der Waals surface area contributed by atoms with Crippen molar-refractivity contribution >= 4 is 16.7 Å². The first-order valence-corrected chi connectivity index (χ1v) is 11.7. The molecule has 9 heteroatoms. The van der Waals surface area contributed by atoms with Crippen LogP contribution < -0.4 is 23.7 Å². The Morgan fingerprint density at radius 1 is 0.921 bits per heavy atom. The van der Waals surface area contributed by atoms with Gasteiger partial charge in [0, 0.05) is 17.1 Å². The highest BCUT2D eigenvalue weighted by molar-refractivity contribution is 6.08. The van der Waals surface area contributed by atoms with E-state index in [0.717, 1.165) is 5.69 Å². The van der Waals surface area contributed by atoms with Gasteiger partial charge in [0.1, 0.15) is 19.0 Å². The summed E-state index contributed by atoms with van der Waals surface area (Å²) in [7, 11) is 5.87. The van der Waals surface area contributed by atoms with Crippen molar-refractivity contribution in [3.63, 3.8) is 0 Å². The van der Waals surface area contributed by atoms with E-state index in [1.54, 1.807) is 24.4 Å². The summed E-state index contributed by atoms with van der Waals surface area (Å²) in [5, 5.41) is 1.31. The number of nitrogens with zero attached hydrogens (tertiary/aromatic N) is 2. The van der Waals surface area contributed by atoms with Crippen LogP contribution >= 0.6 is 0 Å². The Morgan fingerprint density at radius 2 is 1.68 bits per heavy atom. The summed E-state index contributed by atoms with van der Waals surface area (Å²) in [6.45, 7) is 4.18. The number of rotatable bonds is 11. The molecule has 9 nitrogen and oxygen atoms in total. The fourth-order valence-electron chi connectivity index (χ4n) is 4.00. The second-order valence-electron chi connectivity index (χ2n) is 7.96. The molecule has 0 aliphatic carbocycles. The van der Waals surface area contributed by atoms with Crippen LogP contribution in [0.5, 0.6) is 28.9 Å². The van der Waals surface area contributed by atoms with Crippen molar-refractivity contribution in [1.29, 1.82) is 0 Å². The van der Waals surface area contributed by atoms with Gasteiger partial charge in [0.05, 0.1) is 34.1 Å². The van der Waals surface area contributed by atoms with Gasteiger partial charge in [-0.15, -0.1) is 0 Å². The second kappa shape index (κ2) is 12.0. The number of ether oxygens (including phenoxy) is 6. The molecule has 0 amide bonds. The Balaban J connectivity index is 1.95. The average molecular weight is 517 g/mol. The Morgan fingerprint density at radius 3 is 2.29 bits per heavy atom. The molecule has 0 atom stereocenters. The zero-order valence-corrected chi connectivity index (χ0v) is 21.6. The van der Waals surface area contributed by atoms with Crippen LogP contribution in [0.25, 0.3) is 21.9 Å². The molecule has 0 unspecified atom stereocenters. The number of methoxy groups -OCH3 is 4. The van der Waals surface area contributed by atoms with Crippen LogP contribution in [0.2, 0.25) is 0 Å². The van der Waals surface area contributed by atoms with Gasteiger partial charge in [0.25, 0.3) is 0 Å². The van der Waals surface area contributed by atoms with Gasteiger partial charge in [-0.05, 0) is 53.4 Å². The van der Waals surface area contributed by atoms with Crippen LogP contribution in [0.3, 0.4) is 0 Å². The lowest BCUT2D eigenvalue weighted by Crippen LogP contribution is -2.10. The largest absolute Gasteiger partial charge is 0.493 e. The van der Waals surface area contributed by atoms with E-state index in [0.29, 0.717) is 44.9 Å². The molecule has 0 aliphatic heterocycles. The topological polar surface area (TPSA) is 98.2 Å². The molecule has 0 bridgehead atoms. The van der Waals surface area contributed by atoms with E-state index in [9.17, 15) is 4.79 Å². The van der Waals surface area contributed by atoms with Gasteiger partial charge in [0.15, 0.2) is 17.2 Å². The van der Waals surface area contributed by atoms with E-state index in [1.807, 2.05) is 36.4 Å². The molecule has 0 spiro atoms. The number of benzene rings is 2. The smallest absolute Gasteiger partial charge is 0.357 e. The third-order valence-electron chi connectivity index (χ3n) is 5.72. The first-order chi connectivity index (χ1) is 18.5. The van der Waals surface area contributed by atoms with Crippen LogP contribution in [-0.4, -0.2) is 51.0 Å². The summed E-state index contributed by atoms with van der Waals surface area (Å²) in [4.78, 5) is 21.8.